The standard InChI is InChI=1S/C10H7FN2O4S/c11-6-2-1-3-7(4-6)17-10(14)8-5-9(12)13-18(8,15)16/h1-5H,(H2,12,13). The normalized spacial score (nSPS) is 16.9. The molecule has 2 N–H and O–H groups in total. The molecule has 0 unspecified atom stereocenters. The lowest BCUT2D eigenvalue weighted by atomic mass is 10.3. The Balaban J connectivity index is 2.23. The summed E-state index contributed by atoms with van der Waals surface area (Å²) in [5.41, 5.74) is 5.18. The van der Waals surface area contributed by atoms with E-state index in [2.05, 4.69) is 4.40 Å². The highest BCUT2D eigenvalue weighted by Crippen LogP contribution is 2.19. The summed E-state index contributed by atoms with van der Waals surface area (Å²) in [4.78, 5) is 10.9. The molecule has 0 aromatic heterocycles. The number of hydrogen-bond donors (Lipinski definition) is 1. The van der Waals surface area contributed by atoms with Crippen molar-refractivity contribution in [3.8, 4) is 5.75 Å². The highest BCUT2D eigenvalue weighted by atomic mass is 32.2. The Kier molecular flexibility index (Phi) is 2.87. The number of carbonyl (C=O) groups excluding carboxylic acids is 1. The summed E-state index contributed by atoms with van der Waals surface area (Å²) >= 11 is 0. The summed E-state index contributed by atoms with van der Waals surface area (Å²) in [5, 5.41) is 0. The lowest BCUT2D eigenvalue weighted by Gasteiger charge is -2.03. The molecule has 0 amide bonds. The zero-order chi connectivity index (χ0) is 13.3. The van der Waals surface area contributed by atoms with Gasteiger partial charge in [0.2, 0.25) is 0 Å². The third kappa shape index (κ3) is 2.38. The van der Waals surface area contributed by atoms with Crippen molar-refractivity contribution in [3.05, 3.63) is 41.1 Å². The summed E-state index contributed by atoms with van der Waals surface area (Å²) < 4.78 is 43.4. The average molecular weight is 270 g/mol. The Hall–Kier alpha value is -2.22. The number of hydrogen-bond acceptors (Lipinski definition) is 5. The maximum absolute atomic E-state index is 12.8. The van der Waals surface area contributed by atoms with Crippen LogP contribution in [-0.2, 0) is 14.8 Å². The van der Waals surface area contributed by atoms with Gasteiger partial charge in [-0.3, -0.25) is 0 Å². The van der Waals surface area contributed by atoms with Crippen molar-refractivity contribution in [1.29, 1.82) is 0 Å². The number of benzene rings is 1. The molecule has 8 heteroatoms. The lowest BCUT2D eigenvalue weighted by molar-refractivity contribution is -0.129. The second-order valence-corrected chi connectivity index (χ2v) is 4.92. The molecule has 1 aromatic carbocycles. The number of ether oxygens (including phenoxy) is 1. The van der Waals surface area contributed by atoms with Crippen molar-refractivity contribution >= 4 is 21.8 Å². The second-order valence-electron chi connectivity index (χ2n) is 3.35. The molecular formula is C10H7FN2O4S. The third-order valence-corrected chi connectivity index (χ3v) is 3.28. The van der Waals surface area contributed by atoms with Crippen LogP contribution < -0.4 is 10.5 Å². The molecule has 0 saturated heterocycles. The largest absolute Gasteiger partial charge is 0.422 e. The molecule has 0 bridgehead atoms. The first-order valence-corrected chi connectivity index (χ1v) is 6.12. The lowest BCUT2D eigenvalue weighted by Crippen LogP contribution is -2.15. The summed E-state index contributed by atoms with van der Waals surface area (Å²) in [6.07, 6.45) is 0.886. The van der Waals surface area contributed by atoms with Crippen LogP contribution in [0.25, 0.3) is 0 Å². The third-order valence-electron chi connectivity index (χ3n) is 1.99. The van der Waals surface area contributed by atoms with E-state index in [9.17, 15) is 17.6 Å². The Morgan fingerprint density at radius 2 is 2.11 bits per heavy atom. The second kappa shape index (κ2) is 4.22. The predicted octanol–water partition coefficient (Wildman–Crippen LogP) is 0.316. The van der Waals surface area contributed by atoms with Crippen LogP contribution in [-0.4, -0.2) is 20.2 Å². The highest BCUT2D eigenvalue weighted by molar-refractivity contribution is 7.95. The van der Waals surface area contributed by atoms with Gasteiger partial charge in [0.05, 0.1) is 0 Å². The van der Waals surface area contributed by atoms with Gasteiger partial charge in [-0.25, -0.2) is 9.18 Å². The van der Waals surface area contributed by atoms with Crippen LogP contribution in [0.1, 0.15) is 0 Å². The highest BCUT2D eigenvalue weighted by Gasteiger charge is 2.31. The Morgan fingerprint density at radius 3 is 2.67 bits per heavy atom. The van der Waals surface area contributed by atoms with Crippen molar-refractivity contribution in [2.75, 3.05) is 0 Å². The van der Waals surface area contributed by atoms with E-state index in [-0.39, 0.29) is 11.6 Å². The number of rotatable bonds is 2. The van der Waals surface area contributed by atoms with Gasteiger partial charge >= 0.3 is 5.97 Å². The molecule has 0 atom stereocenters. The summed E-state index contributed by atoms with van der Waals surface area (Å²) in [7, 11) is -4.11. The maximum atomic E-state index is 12.8. The first-order valence-electron chi connectivity index (χ1n) is 4.68. The van der Waals surface area contributed by atoms with Crippen LogP contribution >= 0.6 is 0 Å². The van der Waals surface area contributed by atoms with Gasteiger partial charge in [-0.05, 0) is 12.1 Å². The molecule has 0 saturated carbocycles. The van der Waals surface area contributed by atoms with Gasteiger partial charge in [0.15, 0.2) is 4.91 Å². The monoisotopic (exact) mass is 270 g/mol. The Morgan fingerprint density at radius 1 is 1.39 bits per heavy atom. The number of amidine groups is 1. The summed E-state index contributed by atoms with van der Waals surface area (Å²) in [5.74, 6) is -2.19. The summed E-state index contributed by atoms with van der Waals surface area (Å²) in [6.45, 7) is 0. The number of carbonyl (C=O) groups is 1. The van der Waals surface area contributed by atoms with Gasteiger partial charge in [-0.1, -0.05) is 6.07 Å². The van der Waals surface area contributed by atoms with E-state index in [1.54, 1.807) is 0 Å². The molecule has 2 rings (SSSR count). The molecule has 0 radical (unpaired) electrons. The van der Waals surface area contributed by atoms with E-state index in [1.807, 2.05) is 0 Å². The SMILES string of the molecule is NC1=NS(=O)(=O)C(C(=O)Oc2cccc(F)c2)=C1. The molecule has 0 spiro atoms. The van der Waals surface area contributed by atoms with Gasteiger partial charge in [0.25, 0.3) is 10.0 Å². The molecule has 1 aliphatic heterocycles. The first-order chi connectivity index (χ1) is 8.38. The maximum Gasteiger partial charge on any atom is 0.357 e. The van der Waals surface area contributed by atoms with E-state index >= 15 is 0 Å². The number of nitrogens with two attached hydrogens (primary N) is 1. The molecule has 0 fully saturated rings. The Labute approximate surface area is 102 Å². The number of nitrogens with zero attached hydrogens (tertiary/aromatic N) is 1. The van der Waals surface area contributed by atoms with E-state index in [1.165, 1.54) is 12.1 Å². The van der Waals surface area contributed by atoms with E-state index in [0.29, 0.717) is 0 Å². The van der Waals surface area contributed by atoms with Crippen molar-refractivity contribution in [1.82, 2.24) is 0 Å². The van der Waals surface area contributed by atoms with Crippen molar-refractivity contribution in [3.63, 3.8) is 0 Å². The first kappa shape index (κ1) is 12.2. The molecule has 6 nitrogen and oxygen atoms in total. The van der Waals surface area contributed by atoms with Gasteiger partial charge in [0, 0.05) is 12.1 Å². The quantitative estimate of drug-likeness (QED) is 0.616. The topological polar surface area (TPSA) is 98.8 Å². The van der Waals surface area contributed by atoms with Crippen LogP contribution in [0.15, 0.2) is 39.6 Å². The summed E-state index contributed by atoms with van der Waals surface area (Å²) in [6, 6.07) is 4.74. The minimum Gasteiger partial charge on any atom is -0.422 e. The molecular weight excluding hydrogens is 263 g/mol. The molecule has 1 heterocycles. The fraction of sp³-hybridized carbons (Fsp3) is 0. The van der Waals surface area contributed by atoms with Gasteiger partial charge in [-0.15, -0.1) is 4.40 Å². The van der Waals surface area contributed by atoms with E-state index in [4.69, 9.17) is 10.5 Å². The van der Waals surface area contributed by atoms with Gasteiger partial charge in [-0.2, -0.15) is 8.42 Å². The van der Waals surface area contributed by atoms with Gasteiger partial charge in [0.1, 0.15) is 17.4 Å². The van der Waals surface area contributed by atoms with Crippen LogP contribution in [0.4, 0.5) is 4.39 Å². The molecule has 18 heavy (non-hydrogen) atoms. The predicted molar refractivity (Wildman–Crippen MR) is 60.7 cm³/mol. The Bertz CT molecular complexity index is 679. The van der Waals surface area contributed by atoms with Crippen LogP contribution in [0, 0.1) is 5.82 Å². The zero-order valence-corrected chi connectivity index (χ0v) is 9.65. The average Bonchev–Trinajstić information content (AvgIpc) is 2.51. The fourth-order valence-corrected chi connectivity index (χ4v) is 2.23. The zero-order valence-electron chi connectivity index (χ0n) is 8.83. The minimum atomic E-state index is -4.11. The minimum absolute atomic E-state index is 0.110. The molecule has 1 aromatic rings. The van der Waals surface area contributed by atoms with Crippen molar-refractivity contribution in [2.45, 2.75) is 0 Å². The fourth-order valence-electron chi connectivity index (χ4n) is 1.28. The van der Waals surface area contributed by atoms with Crippen molar-refractivity contribution in [2.24, 2.45) is 10.1 Å². The molecule has 1 aliphatic rings. The van der Waals surface area contributed by atoms with E-state index < -0.39 is 26.7 Å². The molecule has 0 aliphatic carbocycles. The van der Waals surface area contributed by atoms with Crippen LogP contribution in [0.5, 0.6) is 5.75 Å². The van der Waals surface area contributed by atoms with Crippen LogP contribution in [0.3, 0.4) is 0 Å². The smallest absolute Gasteiger partial charge is 0.357 e. The van der Waals surface area contributed by atoms with Gasteiger partial charge < -0.3 is 10.5 Å². The molecule has 94 valence electrons. The number of esters is 1. The van der Waals surface area contributed by atoms with Crippen molar-refractivity contribution < 1.29 is 22.3 Å². The van der Waals surface area contributed by atoms with E-state index in [0.717, 1.165) is 18.2 Å². The number of halogens is 1. The van der Waals surface area contributed by atoms with Crippen LogP contribution in [0.2, 0.25) is 0 Å². The number of sulfonamides is 1.